The number of nitrogens with two attached hydrogens (primary N) is 1. The molecule has 86 valence electrons. The fourth-order valence-electron chi connectivity index (χ4n) is 2.10. The van der Waals surface area contributed by atoms with Crippen LogP contribution in [0.5, 0.6) is 5.75 Å². The van der Waals surface area contributed by atoms with Gasteiger partial charge in [-0.1, -0.05) is 6.07 Å². The van der Waals surface area contributed by atoms with Crippen molar-refractivity contribution in [2.24, 2.45) is 5.73 Å². The lowest BCUT2D eigenvalue weighted by Crippen LogP contribution is -2.21. The molecule has 0 bridgehead atoms. The summed E-state index contributed by atoms with van der Waals surface area (Å²) in [5.41, 5.74) is 7.83. The molecule has 3 rings (SSSR count). The largest absolute Gasteiger partial charge is 0.493 e. The highest BCUT2D eigenvalue weighted by atomic mass is 16.7. The van der Waals surface area contributed by atoms with Crippen LogP contribution in [0.4, 0.5) is 0 Å². The van der Waals surface area contributed by atoms with Gasteiger partial charge in [-0.2, -0.15) is 0 Å². The SMILES string of the molecule is NCC1COC(c2ccc3c(c2)CCO3)O1. The van der Waals surface area contributed by atoms with Crippen LogP contribution in [0.2, 0.25) is 0 Å². The highest BCUT2D eigenvalue weighted by Gasteiger charge is 2.27. The Labute approximate surface area is 94.3 Å². The molecule has 4 heteroatoms. The van der Waals surface area contributed by atoms with Crippen molar-refractivity contribution in [1.29, 1.82) is 0 Å². The summed E-state index contributed by atoms with van der Waals surface area (Å²) < 4.78 is 16.7. The second kappa shape index (κ2) is 4.05. The summed E-state index contributed by atoms with van der Waals surface area (Å²) in [4.78, 5) is 0. The Morgan fingerprint density at radius 1 is 1.38 bits per heavy atom. The first-order valence-electron chi connectivity index (χ1n) is 5.59. The van der Waals surface area contributed by atoms with E-state index in [2.05, 4.69) is 6.07 Å². The lowest BCUT2D eigenvalue weighted by atomic mass is 10.1. The molecule has 0 radical (unpaired) electrons. The van der Waals surface area contributed by atoms with E-state index in [-0.39, 0.29) is 12.4 Å². The first-order chi connectivity index (χ1) is 7.86. The van der Waals surface area contributed by atoms with Crippen molar-refractivity contribution in [3.8, 4) is 5.75 Å². The van der Waals surface area contributed by atoms with Gasteiger partial charge in [0.15, 0.2) is 6.29 Å². The van der Waals surface area contributed by atoms with Crippen LogP contribution in [0, 0.1) is 0 Å². The van der Waals surface area contributed by atoms with Crippen molar-refractivity contribution < 1.29 is 14.2 Å². The van der Waals surface area contributed by atoms with E-state index in [0.717, 1.165) is 24.3 Å². The molecule has 2 heterocycles. The lowest BCUT2D eigenvalue weighted by Gasteiger charge is -2.11. The molecule has 2 unspecified atom stereocenters. The third-order valence-electron chi connectivity index (χ3n) is 3.00. The van der Waals surface area contributed by atoms with E-state index in [1.165, 1.54) is 5.56 Å². The summed E-state index contributed by atoms with van der Waals surface area (Å²) in [5, 5.41) is 0. The van der Waals surface area contributed by atoms with Gasteiger partial charge < -0.3 is 19.9 Å². The molecular weight excluding hydrogens is 206 g/mol. The van der Waals surface area contributed by atoms with Gasteiger partial charge in [0.05, 0.1) is 19.3 Å². The molecule has 1 aromatic carbocycles. The predicted molar refractivity (Wildman–Crippen MR) is 58.3 cm³/mol. The summed E-state index contributed by atoms with van der Waals surface area (Å²) in [6, 6.07) is 6.08. The van der Waals surface area contributed by atoms with Gasteiger partial charge in [0, 0.05) is 18.5 Å². The fourth-order valence-corrected chi connectivity index (χ4v) is 2.10. The average molecular weight is 221 g/mol. The molecule has 1 aromatic rings. The highest BCUT2D eigenvalue weighted by molar-refractivity contribution is 5.40. The molecule has 1 saturated heterocycles. The fraction of sp³-hybridized carbons (Fsp3) is 0.500. The molecule has 2 aliphatic heterocycles. The molecule has 0 saturated carbocycles. The maximum Gasteiger partial charge on any atom is 0.184 e. The molecule has 4 nitrogen and oxygen atoms in total. The topological polar surface area (TPSA) is 53.7 Å². The second-order valence-electron chi connectivity index (χ2n) is 4.12. The Balaban J connectivity index is 1.80. The number of fused-ring (bicyclic) bond motifs is 1. The van der Waals surface area contributed by atoms with E-state index < -0.39 is 0 Å². The zero-order valence-corrected chi connectivity index (χ0v) is 9.02. The molecule has 2 N–H and O–H groups in total. The second-order valence-corrected chi connectivity index (χ2v) is 4.12. The minimum absolute atomic E-state index is 0.0227. The zero-order valence-electron chi connectivity index (χ0n) is 9.02. The molecule has 0 amide bonds. The van der Waals surface area contributed by atoms with E-state index in [1.54, 1.807) is 0 Å². The van der Waals surface area contributed by atoms with Gasteiger partial charge in [-0.3, -0.25) is 0 Å². The third-order valence-corrected chi connectivity index (χ3v) is 3.00. The van der Waals surface area contributed by atoms with Gasteiger partial charge in [0.1, 0.15) is 5.75 Å². The molecule has 1 fully saturated rings. The van der Waals surface area contributed by atoms with Crippen LogP contribution in [0.15, 0.2) is 18.2 Å². The first-order valence-corrected chi connectivity index (χ1v) is 5.59. The van der Waals surface area contributed by atoms with Gasteiger partial charge in [-0.15, -0.1) is 0 Å². The molecule has 2 aliphatic rings. The van der Waals surface area contributed by atoms with Crippen molar-refractivity contribution in [2.45, 2.75) is 18.8 Å². The van der Waals surface area contributed by atoms with Crippen molar-refractivity contribution in [3.63, 3.8) is 0 Å². The Kier molecular flexibility index (Phi) is 2.55. The normalized spacial score (nSPS) is 27.8. The smallest absolute Gasteiger partial charge is 0.184 e. The first kappa shape index (κ1) is 10.1. The van der Waals surface area contributed by atoms with E-state index in [0.29, 0.717) is 13.2 Å². The number of hydrogen-bond donors (Lipinski definition) is 1. The summed E-state index contributed by atoms with van der Waals surface area (Å²) in [6.07, 6.45) is 0.727. The average Bonchev–Trinajstić information content (AvgIpc) is 2.96. The minimum atomic E-state index is -0.264. The quantitative estimate of drug-likeness (QED) is 0.809. The minimum Gasteiger partial charge on any atom is -0.493 e. The van der Waals surface area contributed by atoms with Crippen molar-refractivity contribution in [2.75, 3.05) is 19.8 Å². The molecule has 0 aromatic heterocycles. The van der Waals surface area contributed by atoms with Gasteiger partial charge in [-0.25, -0.2) is 0 Å². The molecule has 0 spiro atoms. The van der Waals surface area contributed by atoms with E-state index in [9.17, 15) is 0 Å². The van der Waals surface area contributed by atoms with Crippen LogP contribution in [-0.2, 0) is 15.9 Å². The summed E-state index contributed by atoms with van der Waals surface area (Å²) in [5.74, 6) is 0.983. The predicted octanol–water partition coefficient (Wildman–Crippen LogP) is 0.994. The lowest BCUT2D eigenvalue weighted by molar-refractivity contribution is -0.0585. The van der Waals surface area contributed by atoms with Gasteiger partial charge in [0.2, 0.25) is 0 Å². The molecule has 16 heavy (non-hydrogen) atoms. The maximum absolute atomic E-state index is 5.67. The Bertz CT molecular complexity index is 394. The van der Waals surface area contributed by atoms with Crippen LogP contribution >= 0.6 is 0 Å². The van der Waals surface area contributed by atoms with E-state index in [4.69, 9.17) is 19.9 Å². The number of ether oxygens (including phenoxy) is 3. The van der Waals surface area contributed by atoms with Gasteiger partial charge in [0.25, 0.3) is 0 Å². The van der Waals surface area contributed by atoms with Crippen LogP contribution in [0.3, 0.4) is 0 Å². The van der Waals surface area contributed by atoms with Crippen LogP contribution in [0.25, 0.3) is 0 Å². The van der Waals surface area contributed by atoms with E-state index in [1.807, 2.05) is 12.1 Å². The third kappa shape index (κ3) is 1.69. The van der Waals surface area contributed by atoms with E-state index >= 15 is 0 Å². The number of benzene rings is 1. The standard InChI is InChI=1S/C12H15NO3/c13-6-10-7-15-12(16-10)9-1-2-11-8(5-9)3-4-14-11/h1-2,5,10,12H,3-4,6-7,13H2. The van der Waals surface area contributed by atoms with Gasteiger partial charge >= 0.3 is 0 Å². The van der Waals surface area contributed by atoms with Crippen LogP contribution < -0.4 is 10.5 Å². The van der Waals surface area contributed by atoms with Crippen LogP contribution in [0.1, 0.15) is 17.4 Å². The summed E-state index contributed by atoms with van der Waals surface area (Å²) >= 11 is 0. The molecule has 0 aliphatic carbocycles. The van der Waals surface area contributed by atoms with Crippen molar-refractivity contribution in [3.05, 3.63) is 29.3 Å². The van der Waals surface area contributed by atoms with Crippen molar-refractivity contribution >= 4 is 0 Å². The maximum atomic E-state index is 5.67. The van der Waals surface area contributed by atoms with Crippen molar-refractivity contribution in [1.82, 2.24) is 0 Å². The Morgan fingerprint density at radius 2 is 2.31 bits per heavy atom. The zero-order chi connectivity index (χ0) is 11.0. The Hall–Kier alpha value is -1.10. The molecule has 2 atom stereocenters. The van der Waals surface area contributed by atoms with Crippen LogP contribution in [-0.4, -0.2) is 25.9 Å². The monoisotopic (exact) mass is 221 g/mol. The van der Waals surface area contributed by atoms with Gasteiger partial charge in [-0.05, 0) is 17.7 Å². The number of hydrogen-bond acceptors (Lipinski definition) is 4. The summed E-state index contributed by atoms with van der Waals surface area (Å²) in [6.45, 7) is 1.86. The number of rotatable bonds is 2. The molecular formula is C12H15NO3. The highest BCUT2D eigenvalue weighted by Crippen LogP contribution is 2.32. The summed E-state index contributed by atoms with van der Waals surface area (Å²) in [7, 11) is 0. The Morgan fingerprint density at radius 3 is 3.12 bits per heavy atom.